The van der Waals surface area contributed by atoms with Crippen LogP contribution in [0.25, 0.3) is 0 Å². The standard InChI is InChI=1S/C12H12O3/c1-10(7-8-13)12(14)15-9-11-5-3-2-4-6-11/h2-8H,9H2,1H3/b10-7+. The van der Waals surface area contributed by atoms with Crippen molar-refractivity contribution in [1.82, 2.24) is 0 Å². The lowest BCUT2D eigenvalue weighted by Gasteiger charge is -2.03. The van der Waals surface area contributed by atoms with Gasteiger partial charge in [0.15, 0.2) is 0 Å². The van der Waals surface area contributed by atoms with E-state index in [-0.39, 0.29) is 6.61 Å². The highest BCUT2D eigenvalue weighted by Gasteiger charge is 2.04. The van der Waals surface area contributed by atoms with Crippen LogP contribution >= 0.6 is 0 Å². The van der Waals surface area contributed by atoms with Crippen LogP contribution in [0.1, 0.15) is 12.5 Å². The lowest BCUT2D eigenvalue weighted by Crippen LogP contribution is -2.05. The summed E-state index contributed by atoms with van der Waals surface area (Å²) >= 11 is 0. The number of rotatable bonds is 4. The zero-order chi connectivity index (χ0) is 11.1. The summed E-state index contributed by atoms with van der Waals surface area (Å²) in [6.45, 7) is 1.77. The molecule has 1 aromatic carbocycles. The number of aldehydes is 1. The van der Waals surface area contributed by atoms with E-state index in [1.807, 2.05) is 30.3 Å². The fraction of sp³-hybridized carbons (Fsp3) is 0.167. The second-order valence-corrected chi connectivity index (χ2v) is 3.05. The van der Waals surface area contributed by atoms with Crippen molar-refractivity contribution in [2.24, 2.45) is 0 Å². The molecule has 0 fully saturated rings. The summed E-state index contributed by atoms with van der Waals surface area (Å²) < 4.78 is 4.98. The van der Waals surface area contributed by atoms with Gasteiger partial charge < -0.3 is 4.74 Å². The van der Waals surface area contributed by atoms with Crippen LogP contribution in [-0.2, 0) is 20.9 Å². The summed E-state index contributed by atoms with van der Waals surface area (Å²) in [5.41, 5.74) is 1.23. The van der Waals surface area contributed by atoms with E-state index in [9.17, 15) is 9.59 Å². The van der Waals surface area contributed by atoms with Gasteiger partial charge >= 0.3 is 5.97 Å². The number of carbonyl (C=O) groups excluding carboxylic acids is 2. The van der Waals surface area contributed by atoms with E-state index < -0.39 is 5.97 Å². The summed E-state index contributed by atoms with van der Waals surface area (Å²) in [4.78, 5) is 21.4. The molecule has 0 unspecified atom stereocenters. The second kappa shape index (κ2) is 5.75. The molecular weight excluding hydrogens is 192 g/mol. The van der Waals surface area contributed by atoms with Crippen LogP contribution in [0.2, 0.25) is 0 Å². The Bertz CT molecular complexity index is 366. The molecule has 0 aromatic heterocycles. The molecule has 15 heavy (non-hydrogen) atoms. The maximum atomic E-state index is 11.3. The van der Waals surface area contributed by atoms with Crippen molar-refractivity contribution in [3.05, 3.63) is 47.5 Å². The van der Waals surface area contributed by atoms with Gasteiger partial charge in [-0.15, -0.1) is 0 Å². The quantitative estimate of drug-likeness (QED) is 0.427. The number of carbonyl (C=O) groups is 2. The lowest BCUT2D eigenvalue weighted by atomic mass is 10.2. The highest BCUT2D eigenvalue weighted by molar-refractivity contribution is 5.91. The van der Waals surface area contributed by atoms with Crippen LogP contribution in [0.3, 0.4) is 0 Å². The maximum Gasteiger partial charge on any atom is 0.334 e. The number of hydrogen-bond donors (Lipinski definition) is 0. The maximum absolute atomic E-state index is 11.3. The molecule has 0 N–H and O–H groups in total. The molecular formula is C12H12O3. The highest BCUT2D eigenvalue weighted by atomic mass is 16.5. The van der Waals surface area contributed by atoms with Crippen molar-refractivity contribution in [1.29, 1.82) is 0 Å². The van der Waals surface area contributed by atoms with Gasteiger partial charge in [0, 0.05) is 5.57 Å². The summed E-state index contributed by atoms with van der Waals surface area (Å²) in [6.07, 6.45) is 1.76. The molecule has 78 valence electrons. The van der Waals surface area contributed by atoms with E-state index in [2.05, 4.69) is 0 Å². The fourth-order valence-electron chi connectivity index (χ4n) is 1.01. The number of ether oxygens (including phenoxy) is 1. The normalized spacial score (nSPS) is 10.9. The van der Waals surface area contributed by atoms with Gasteiger partial charge in [-0.3, -0.25) is 4.79 Å². The molecule has 0 radical (unpaired) electrons. The highest BCUT2D eigenvalue weighted by Crippen LogP contribution is 2.03. The third kappa shape index (κ3) is 3.77. The van der Waals surface area contributed by atoms with E-state index in [1.54, 1.807) is 6.92 Å². The first kappa shape index (κ1) is 11.2. The van der Waals surface area contributed by atoms with Crippen LogP contribution < -0.4 is 0 Å². The summed E-state index contributed by atoms with van der Waals surface area (Å²) in [5, 5.41) is 0. The van der Waals surface area contributed by atoms with Crippen molar-refractivity contribution >= 4 is 12.3 Å². The van der Waals surface area contributed by atoms with Crippen LogP contribution in [0.15, 0.2) is 42.0 Å². The van der Waals surface area contributed by atoms with Crippen molar-refractivity contribution < 1.29 is 14.3 Å². The average Bonchev–Trinajstić information content (AvgIpc) is 2.27. The smallest absolute Gasteiger partial charge is 0.334 e. The molecule has 0 bridgehead atoms. The van der Waals surface area contributed by atoms with Gasteiger partial charge in [0.1, 0.15) is 12.9 Å². The first-order valence-electron chi connectivity index (χ1n) is 4.57. The molecule has 3 nitrogen and oxygen atoms in total. The molecule has 1 aromatic rings. The monoisotopic (exact) mass is 204 g/mol. The molecule has 0 spiro atoms. The minimum absolute atomic E-state index is 0.226. The minimum atomic E-state index is -0.467. The van der Waals surface area contributed by atoms with Crippen LogP contribution in [0.5, 0.6) is 0 Å². The summed E-state index contributed by atoms with van der Waals surface area (Å²) in [7, 11) is 0. The number of hydrogen-bond acceptors (Lipinski definition) is 3. The van der Waals surface area contributed by atoms with E-state index >= 15 is 0 Å². The van der Waals surface area contributed by atoms with E-state index in [4.69, 9.17) is 4.74 Å². The Morgan fingerprint density at radius 1 is 1.33 bits per heavy atom. The SMILES string of the molecule is C/C(=C\C=O)C(=O)OCc1ccccc1. The van der Waals surface area contributed by atoms with Crippen LogP contribution in [0.4, 0.5) is 0 Å². The van der Waals surface area contributed by atoms with Crippen LogP contribution in [-0.4, -0.2) is 12.3 Å². The Morgan fingerprint density at radius 3 is 2.60 bits per heavy atom. The van der Waals surface area contributed by atoms with Gasteiger partial charge in [-0.25, -0.2) is 4.79 Å². The average molecular weight is 204 g/mol. The largest absolute Gasteiger partial charge is 0.457 e. The molecule has 0 saturated heterocycles. The second-order valence-electron chi connectivity index (χ2n) is 3.05. The minimum Gasteiger partial charge on any atom is -0.457 e. The molecule has 3 heteroatoms. The predicted molar refractivity (Wildman–Crippen MR) is 56.1 cm³/mol. The Hall–Kier alpha value is -1.90. The van der Waals surface area contributed by atoms with Crippen molar-refractivity contribution in [3.8, 4) is 0 Å². The van der Waals surface area contributed by atoms with Gasteiger partial charge in [-0.2, -0.15) is 0 Å². The van der Waals surface area contributed by atoms with Gasteiger partial charge in [0.2, 0.25) is 0 Å². The van der Waals surface area contributed by atoms with E-state index in [1.165, 1.54) is 6.08 Å². The Balaban J connectivity index is 2.48. The van der Waals surface area contributed by atoms with E-state index in [0.717, 1.165) is 5.56 Å². The zero-order valence-electron chi connectivity index (χ0n) is 8.47. The Labute approximate surface area is 88.4 Å². The molecule has 0 saturated carbocycles. The molecule has 1 rings (SSSR count). The third-order valence-corrected chi connectivity index (χ3v) is 1.85. The van der Waals surface area contributed by atoms with E-state index in [0.29, 0.717) is 11.9 Å². The molecule has 0 atom stereocenters. The summed E-state index contributed by atoms with van der Waals surface area (Å²) in [6, 6.07) is 9.37. The van der Waals surface area contributed by atoms with Crippen molar-refractivity contribution in [2.45, 2.75) is 13.5 Å². The van der Waals surface area contributed by atoms with Gasteiger partial charge in [-0.05, 0) is 18.6 Å². The third-order valence-electron chi connectivity index (χ3n) is 1.85. The Morgan fingerprint density at radius 2 is 2.00 bits per heavy atom. The fourth-order valence-corrected chi connectivity index (χ4v) is 1.01. The van der Waals surface area contributed by atoms with Gasteiger partial charge in [-0.1, -0.05) is 30.3 Å². The zero-order valence-corrected chi connectivity index (χ0v) is 8.47. The first-order valence-corrected chi connectivity index (χ1v) is 4.57. The number of allylic oxidation sites excluding steroid dienone is 1. The first-order chi connectivity index (χ1) is 7.24. The topological polar surface area (TPSA) is 43.4 Å². The molecule has 0 heterocycles. The molecule has 0 aliphatic carbocycles. The summed E-state index contributed by atoms with van der Waals surface area (Å²) in [5.74, 6) is -0.467. The van der Waals surface area contributed by atoms with Gasteiger partial charge in [0.05, 0.1) is 0 Å². The lowest BCUT2D eigenvalue weighted by molar-refractivity contribution is -0.140. The van der Waals surface area contributed by atoms with Crippen molar-refractivity contribution in [2.75, 3.05) is 0 Å². The van der Waals surface area contributed by atoms with Crippen molar-refractivity contribution in [3.63, 3.8) is 0 Å². The van der Waals surface area contributed by atoms with Crippen LogP contribution in [0, 0.1) is 0 Å². The Kier molecular flexibility index (Phi) is 4.29. The number of benzene rings is 1. The molecule has 0 aliphatic heterocycles. The number of esters is 1. The molecule has 0 aliphatic rings. The molecule has 0 amide bonds. The van der Waals surface area contributed by atoms with Gasteiger partial charge in [0.25, 0.3) is 0 Å². The predicted octanol–water partition coefficient (Wildman–Crippen LogP) is 1.88.